The molecule has 0 fully saturated rings. The maximum Gasteiger partial charge on any atom is 0.123 e. The topological polar surface area (TPSA) is 66.9 Å². The maximum absolute atomic E-state index is 10.4. The van der Waals surface area contributed by atoms with Crippen LogP contribution in [0.15, 0.2) is 11.3 Å². The Bertz CT molecular complexity index is 208. The first-order chi connectivity index (χ1) is 5.27. The van der Waals surface area contributed by atoms with Gasteiger partial charge >= 0.3 is 0 Å². The standard InChI is InChI=1S/C8H12N2O/c9-4-7-2-1-6(5-11)3-8(7)10/h4-6,9H,1-3,10H2. The molecule has 0 amide bonds. The minimum absolute atomic E-state index is 0.0821. The zero-order valence-electron chi connectivity index (χ0n) is 6.34. The Morgan fingerprint density at radius 3 is 2.82 bits per heavy atom. The molecular formula is C8H12N2O. The molecule has 0 saturated carbocycles. The van der Waals surface area contributed by atoms with Crippen molar-refractivity contribution in [3.8, 4) is 0 Å². The minimum Gasteiger partial charge on any atom is -0.402 e. The van der Waals surface area contributed by atoms with Crippen molar-refractivity contribution in [1.29, 1.82) is 5.41 Å². The van der Waals surface area contributed by atoms with Crippen molar-refractivity contribution in [3.05, 3.63) is 11.3 Å². The number of nitrogens with one attached hydrogen (secondary N) is 1. The zero-order valence-corrected chi connectivity index (χ0v) is 6.34. The summed E-state index contributed by atoms with van der Waals surface area (Å²) in [5, 5.41) is 7.00. The molecule has 0 aromatic rings. The molecule has 3 heteroatoms. The van der Waals surface area contributed by atoms with Gasteiger partial charge in [0, 0.05) is 17.8 Å². The Balaban J connectivity index is 2.70. The molecule has 1 aliphatic rings. The molecule has 11 heavy (non-hydrogen) atoms. The van der Waals surface area contributed by atoms with E-state index < -0.39 is 0 Å². The molecule has 0 heterocycles. The summed E-state index contributed by atoms with van der Waals surface area (Å²) in [5.74, 6) is 0.0821. The van der Waals surface area contributed by atoms with E-state index in [0.29, 0.717) is 12.1 Å². The summed E-state index contributed by atoms with van der Waals surface area (Å²) in [6.07, 6.45) is 4.49. The molecule has 0 radical (unpaired) electrons. The lowest BCUT2D eigenvalue weighted by molar-refractivity contribution is -0.111. The predicted molar refractivity (Wildman–Crippen MR) is 43.4 cm³/mol. The van der Waals surface area contributed by atoms with Gasteiger partial charge in [0.2, 0.25) is 0 Å². The maximum atomic E-state index is 10.4. The fourth-order valence-electron chi connectivity index (χ4n) is 1.30. The van der Waals surface area contributed by atoms with Gasteiger partial charge < -0.3 is 15.9 Å². The number of carbonyl (C=O) groups is 1. The van der Waals surface area contributed by atoms with Gasteiger partial charge in [0.1, 0.15) is 6.29 Å². The van der Waals surface area contributed by atoms with E-state index in [1.165, 1.54) is 6.21 Å². The molecule has 0 saturated heterocycles. The van der Waals surface area contributed by atoms with Crippen molar-refractivity contribution >= 4 is 12.5 Å². The van der Waals surface area contributed by atoms with E-state index in [0.717, 1.165) is 24.7 Å². The molecule has 0 aromatic carbocycles. The van der Waals surface area contributed by atoms with Crippen molar-refractivity contribution in [1.82, 2.24) is 0 Å². The molecule has 60 valence electrons. The third kappa shape index (κ3) is 1.67. The Morgan fingerprint density at radius 2 is 2.36 bits per heavy atom. The SMILES string of the molecule is N=CC1=C(N)CC(C=O)CC1. The van der Waals surface area contributed by atoms with E-state index in [2.05, 4.69) is 0 Å². The third-order valence-corrected chi connectivity index (χ3v) is 2.05. The van der Waals surface area contributed by atoms with Gasteiger partial charge in [0.15, 0.2) is 0 Å². The van der Waals surface area contributed by atoms with Gasteiger partial charge in [-0.15, -0.1) is 0 Å². The highest BCUT2D eigenvalue weighted by Gasteiger charge is 2.16. The highest BCUT2D eigenvalue weighted by Crippen LogP contribution is 2.23. The predicted octanol–water partition coefficient (Wildman–Crippen LogP) is 0.848. The van der Waals surface area contributed by atoms with Crippen LogP contribution in [0.5, 0.6) is 0 Å². The Hall–Kier alpha value is -1.12. The molecule has 0 aromatic heterocycles. The van der Waals surface area contributed by atoms with Crippen molar-refractivity contribution in [3.63, 3.8) is 0 Å². The average Bonchev–Trinajstić information content (AvgIpc) is 2.04. The smallest absolute Gasteiger partial charge is 0.123 e. The number of hydrogen-bond acceptors (Lipinski definition) is 3. The van der Waals surface area contributed by atoms with Crippen molar-refractivity contribution in [2.24, 2.45) is 11.7 Å². The van der Waals surface area contributed by atoms with Crippen LogP contribution in [0.25, 0.3) is 0 Å². The summed E-state index contributed by atoms with van der Waals surface area (Å²) in [6.45, 7) is 0. The van der Waals surface area contributed by atoms with E-state index in [1.54, 1.807) is 0 Å². The molecule has 1 rings (SSSR count). The summed E-state index contributed by atoms with van der Waals surface area (Å²) in [4.78, 5) is 10.4. The monoisotopic (exact) mass is 152 g/mol. The molecule has 1 unspecified atom stereocenters. The van der Waals surface area contributed by atoms with Gasteiger partial charge in [-0.2, -0.15) is 0 Å². The lowest BCUT2D eigenvalue weighted by Gasteiger charge is -2.18. The molecule has 0 bridgehead atoms. The van der Waals surface area contributed by atoms with E-state index in [1.807, 2.05) is 0 Å². The van der Waals surface area contributed by atoms with Crippen molar-refractivity contribution < 1.29 is 4.79 Å². The number of allylic oxidation sites excluding steroid dienone is 2. The Morgan fingerprint density at radius 1 is 1.64 bits per heavy atom. The first kappa shape index (κ1) is 7.98. The molecule has 3 N–H and O–H groups in total. The molecule has 0 aliphatic heterocycles. The zero-order chi connectivity index (χ0) is 8.27. The lowest BCUT2D eigenvalue weighted by atomic mass is 9.89. The Kier molecular flexibility index (Phi) is 2.41. The first-order valence-electron chi connectivity index (χ1n) is 3.71. The van der Waals surface area contributed by atoms with Gasteiger partial charge in [0.25, 0.3) is 0 Å². The number of rotatable bonds is 2. The van der Waals surface area contributed by atoms with Crippen LogP contribution in [0.2, 0.25) is 0 Å². The fraction of sp³-hybridized carbons (Fsp3) is 0.500. The minimum atomic E-state index is 0.0821. The van der Waals surface area contributed by atoms with Gasteiger partial charge in [-0.1, -0.05) is 0 Å². The number of nitrogens with two attached hydrogens (primary N) is 1. The second kappa shape index (κ2) is 3.32. The molecule has 1 aliphatic carbocycles. The van der Waals surface area contributed by atoms with Crippen LogP contribution < -0.4 is 5.73 Å². The van der Waals surface area contributed by atoms with Gasteiger partial charge in [0.05, 0.1) is 0 Å². The van der Waals surface area contributed by atoms with Crippen LogP contribution in [0, 0.1) is 11.3 Å². The quantitative estimate of drug-likeness (QED) is 0.455. The van der Waals surface area contributed by atoms with Gasteiger partial charge in [-0.3, -0.25) is 0 Å². The number of carbonyl (C=O) groups excluding carboxylic acids is 1. The van der Waals surface area contributed by atoms with Crippen LogP contribution in [-0.2, 0) is 4.79 Å². The van der Waals surface area contributed by atoms with Crippen LogP contribution in [0.4, 0.5) is 0 Å². The highest BCUT2D eigenvalue weighted by atomic mass is 16.1. The van der Waals surface area contributed by atoms with E-state index in [-0.39, 0.29) is 5.92 Å². The summed E-state index contributed by atoms with van der Waals surface area (Å²) >= 11 is 0. The van der Waals surface area contributed by atoms with Crippen LogP contribution in [0.1, 0.15) is 19.3 Å². The second-order valence-corrected chi connectivity index (χ2v) is 2.83. The van der Waals surface area contributed by atoms with Crippen molar-refractivity contribution in [2.45, 2.75) is 19.3 Å². The lowest BCUT2D eigenvalue weighted by Crippen LogP contribution is -2.16. The van der Waals surface area contributed by atoms with Gasteiger partial charge in [-0.25, -0.2) is 0 Å². The molecule has 3 nitrogen and oxygen atoms in total. The molecule has 0 spiro atoms. The number of aldehydes is 1. The molecule has 1 atom stereocenters. The largest absolute Gasteiger partial charge is 0.402 e. The van der Waals surface area contributed by atoms with Crippen LogP contribution in [0.3, 0.4) is 0 Å². The first-order valence-corrected chi connectivity index (χ1v) is 3.71. The Labute approximate surface area is 65.8 Å². The summed E-state index contributed by atoms with van der Waals surface area (Å²) in [7, 11) is 0. The molecular weight excluding hydrogens is 140 g/mol. The third-order valence-electron chi connectivity index (χ3n) is 2.05. The van der Waals surface area contributed by atoms with Crippen LogP contribution in [-0.4, -0.2) is 12.5 Å². The summed E-state index contributed by atoms with van der Waals surface area (Å²) in [6, 6.07) is 0. The average molecular weight is 152 g/mol. The summed E-state index contributed by atoms with van der Waals surface area (Å²) < 4.78 is 0. The van der Waals surface area contributed by atoms with Crippen molar-refractivity contribution in [2.75, 3.05) is 0 Å². The van der Waals surface area contributed by atoms with E-state index in [4.69, 9.17) is 11.1 Å². The van der Waals surface area contributed by atoms with Crippen LogP contribution >= 0.6 is 0 Å². The fourth-order valence-corrected chi connectivity index (χ4v) is 1.30. The normalized spacial score (nSPS) is 24.9. The second-order valence-electron chi connectivity index (χ2n) is 2.83. The van der Waals surface area contributed by atoms with E-state index in [9.17, 15) is 4.79 Å². The van der Waals surface area contributed by atoms with E-state index >= 15 is 0 Å². The summed E-state index contributed by atoms with van der Waals surface area (Å²) in [5.41, 5.74) is 7.23. The number of hydrogen-bond donors (Lipinski definition) is 2. The highest BCUT2D eigenvalue weighted by molar-refractivity contribution is 5.77. The van der Waals surface area contributed by atoms with Gasteiger partial charge in [-0.05, 0) is 24.8 Å².